The number of aliphatic hydroxyl groups is 1. The van der Waals surface area contributed by atoms with E-state index in [1.54, 1.807) is 24.5 Å². The maximum absolute atomic E-state index is 12.6. The van der Waals surface area contributed by atoms with Gasteiger partial charge in [0.05, 0.1) is 31.0 Å². The van der Waals surface area contributed by atoms with Crippen LogP contribution in [0, 0.1) is 0 Å². The largest absolute Gasteiger partial charge is 0.497 e. The fourth-order valence-electron chi connectivity index (χ4n) is 5.62. The van der Waals surface area contributed by atoms with Crippen molar-refractivity contribution >= 4 is 20.9 Å². The maximum atomic E-state index is 12.6. The lowest BCUT2D eigenvalue weighted by atomic mass is 9.70. The summed E-state index contributed by atoms with van der Waals surface area (Å²) in [6, 6.07) is 9.77. The number of hydrogen-bond donors (Lipinski definition) is 1. The fourth-order valence-corrected chi connectivity index (χ4v) is 6.87. The number of pyridine rings is 1. The number of aryl methyl sites for hydroxylation is 1. The number of hydrogen-bond acceptors (Lipinski definition) is 6. The number of benzene rings is 1. The van der Waals surface area contributed by atoms with Crippen LogP contribution >= 0.6 is 0 Å². The molecule has 2 aliphatic heterocycles. The van der Waals surface area contributed by atoms with Gasteiger partial charge in [-0.25, -0.2) is 8.42 Å². The first kappa shape index (κ1) is 22.3. The molecular formula is C24H30N4O4S. The Bertz CT molecular complexity index is 1280. The minimum atomic E-state index is -3.26. The molecule has 8 nitrogen and oxygen atoms in total. The van der Waals surface area contributed by atoms with E-state index >= 15 is 0 Å². The van der Waals surface area contributed by atoms with Gasteiger partial charge < -0.3 is 14.4 Å². The molecule has 0 amide bonds. The molecule has 5 rings (SSSR count). The number of fused-ring (bicyclic) bond motifs is 4. The number of nitrogens with zero attached hydrogens (tertiary/aromatic N) is 4. The second-order valence-corrected chi connectivity index (χ2v) is 11.4. The monoisotopic (exact) mass is 470 g/mol. The van der Waals surface area contributed by atoms with Crippen LogP contribution in [0.3, 0.4) is 0 Å². The fraction of sp³-hybridized carbons (Fsp3) is 0.458. The van der Waals surface area contributed by atoms with Gasteiger partial charge in [0.2, 0.25) is 10.0 Å². The molecule has 2 aliphatic rings. The number of aromatic nitrogens is 2. The molecule has 33 heavy (non-hydrogen) atoms. The number of rotatable bonds is 6. The molecule has 1 atom stereocenters. The predicted octanol–water partition coefficient (Wildman–Crippen LogP) is 2.03. The van der Waals surface area contributed by atoms with Crippen molar-refractivity contribution < 1.29 is 18.3 Å². The molecular weight excluding hydrogens is 440 g/mol. The van der Waals surface area contributed by atoms with Crippen LogP contribution in [0.5, 0.6) is 5.75 Å². The van der Waals surface area contributed by atoms with Crippen molar-refractivity contribution in [2.45, 2.75) is 24.9 Å². The molecule has 4 heterocycles. The zero-order valence-corrected chi connectivity index (χ0v) is 20.0. The number of sulfonamides is 1. The van der Waals surface area contributed by atoms with Gasteiger partial charge in [-0.1, -0.05) is 6.07 Å². The number of aliphatic hydroxyl groups excluding tert-OH is 1. The summed E-state index contributed by atoms with van der Waals surface area (Å²) in [4.78, 5) is 6.52. The second-order valence-electron chi connectivity index (χ2n) is 9.12. The predicted molar refractivity (Wildman–Crippen MR) is 127 cm³/mol. The smallest absolute Gasteiger partial charge is 0.213 e. The molecule has 176 valence electrons. The third-order valence-corrected chi connectivity index (χ3v) is 9.02. The summed E-state index contributed by atoms with van der Waals surface area (Å²) in [6.45, 7) is 3.85. The first-order chi connectivity index (χ1) is 15.8. The Morgan fingerprint density at radius 3 is 2.67 bits per heavy atom. The van der Waals surface area contributed by atoms with Crippen molar-refractivity contribution in [3.8, 4) is 5.75 Å². The van der Waals surface area contributed by atoms with Crippen molar-refractivity contribution in [1.29, 1.82) is 0 Å². The topological polar surface area (TPSA) is 87.9 Å². The summed E-state index contributed by atoms with van der Waals surface area (Å²) >= 11 is 0. The summed E-state index contributed by atoms with van der Waals surface area (Å²) in [5.74, 6) is 0.868. The van der Waals surface area contributed by atoms with E-state index in [9.17, 15) is 13.5 Å². The lowest BCUT2D eigenvalue weighted by Crippen LogP contribution is -2.67. The van der Waals surface area contributed by atoms with E-state index in [0.717, 1.165) is 33.5 Å². The van der Waals surface area contributed by atoms with Gasteiger partial charge >= 0.3 is 0 Å². The van der Waals surface area contributed by atoms with Crippen LogP contribution in [-0.4, -0.2) is 71.4 Å². The van der Waals surface area contributed by atoms with Gasteiger partial charge in [0.15, 0.2) is 0 Å². The minimum absolute atomic E-state index is 0.0262. The molecule has 1 aromatic carbocycles. The van der Waals surface area contributed by atoms with Crippen molar-refractivity contribution in [3.05, 3.63) is 59.5 Å². The van der Waals surface area contributed by atoms with Crippen LogP contribution in [-0.2, 0) is 29.0 Å². The highest BCUT2D eigenvalue weighted by Crippen LogP contribution is 2.50. The van der Waals surface area contributed by atoms with E-state index in [4.69, 9.17) is 4.74 Å². The second kappa shape index (κ2) is 8.09. The molecule has 9 heteroatoms. The van der Waals surface area contributed by atoms with Crippen molar-refractivity contribution in [2.24, 2.45) is 7.05 Å². The first-order valence-electron chi connectivity index (χ1n) is 11.2. The van der Waals surface area contributed by atoms with Gasteiger partial charge in [-0.3, -0.25) is 9.88 Å². The van der Waals surface area contributed by atoms with Crippen LogP contribution in [0.2, 0.25) is 0 Å². The maximum Gasteiger partial charge on any atom is 0.213 e. The molecule has 1 saturated heterocycles. The van der Waals surface area contributed by atoms with Gasteiger partial charge in [-0.15, -0.1) is 0 Å². The highest BCUT2D eigenvalue weighted by atomic mass is 32.2. The van der Waals surface area contributed by atoms with Crippen molar-refractivity contribution in [1.82, 2.24) is 18.8 Å². The summed E-state index contributed by atoms with van der Waals surface area (Å²) in [7, 11) is 0.404. The van der Waals surface area contributed by atoms with Gasteiger partial charge in [-0.05, 0) is 36.2 Å². The van der Waals surface area contributed by atoms with Crippen LogP contribution in [0.15, 0.2) is 42.7 Å². The van der Waals surface area contributed by atoms with Gasteiger partial charge in [0.1, 0.15) is 5.75 Å². The average Bonchev–Trinajstić information content (AvgIpc) is 3.10. The van der Waals surface area contributed by atoms with E-state index in [0.29, 0.717) is 26.2 Å². The molecule has 0 unspecified atom stereocenters. The van der Waals surface area contributed by atoms with E-state index in [-0.39, 0.29) is 23.8 Å². The normalized spacial score (nSPS) is 20.7. The van der Waals surface area contributed by atoms with E-state index in [1.807, 2.05) is 37.5 Å². The molecule has 0 bridgehead atoms. The highest BCUT2D eigenvalue weighted by Gasteiger charge is 2.55. The number of methoxy groups -OCH3 is 1. The molecule has 1 spiro atoms. The van der Waals surface area contributed by atoms with Crippen LogP contribution < -0.4 is 4.74 Å². The Morgan fingerprint density at radius 2 is 2.03 bits per heavy atom. The summed E-state index contributed by atoms with van der Waals surface area (Å²) in [6.07, 6.45) is 3.59. The first-order valence-corrected chi connectivity index (χ1v) is 12.8. The van der Waals surface area contributed by atoms with Crippen LogP contribution in [0.1, 0.15) is 29.8 Å². The van der Waals surface area contributed by atoms with E-state index in [1.165, 1.54) is 0 Å². The molecule has 2 aromatic heterocycles. The highest BCUT2D eigenvalue weighted by molar-refractivity contribution is 7.89. The quantitative estimate of drug-likeness (QED) is 0.593. The molecule has 1 fully saturated rings. The van der Waals surface area contributed by atoms with Crippen LogP contribution in [0.4, 0.5) is 0 Å². The third-order valence-electron chi connectivity index (χ3n) is 7.24. The van der Waals surface area contributed by atoms with Gasteiger partial charge in [0, 0.05) is 68.2 Å². The molecule has 1 N–H and O–H groups in total. The standard InChI is InChI=1S/C24H30N4O4S/c1-4-33(30,31)28-15-24(16-28)14-27(12-17-6-5-9-25-11-17)21(13-29)23-22(24)19-8-7-18(32-3)10-20(19)26(23)2/h5-11,21,29H,4,12-16H2,1-3H3/t21-/m1/s1. The van der Waals surface area contributed by atoms with Gasteiger partial charge in [0.25, 0.3) is 0 Å². The Kier molecular flexibility index (Phi) is 5.48. The Morgan fingerprint density at radius 1 is 1.24 bits per heavy atom. The zero-order valence-electron chi connectivity index (χ0n) is 19.2. The third kappa shape index (κ3) is 3.45. The average molecular weight is 471 g/mol. The minimum Gasteiger partial charge on any atom is -0.497 e. The lowest BCUT2D eigenvalue weighted by Gasteiger charge is -2.55. The zero-order chi connectivity index (χ0) is 23.4. The molecule has 0 radical (unpaired) electrons. The summed E-state index contributed by atoms with van der Waals surface area (Å²) in [5, 5.41) is 11.6. The Hall–Kier alpha value is -2.46. The van der Waals surface area contributed by atoms with Gasteiger partial charge in [-0.2, -0.15) is 4.31 Å². The molecule has 0 saturated carbocycles. The lowest BCUT2D eigenvalue weighted by molar-refractivity contribution is 0.0241. The van der Waals surface area contributed by atoms with Crippen LogP contribution in [0.25, 0.3) is 10.9 Å². The summed E-state index contributed by atoms with van der Waals surface area (Å²) < 4.78 is 34.4. The number of ether oxygens (including phenoxy) is 1. The molecule has 0 aliphatic carbocycles. The van der Waals surface area contributed by atoms with Crippen molar-refractivity contribution in [3.63, 3.8) is 0 Å². The molecule has 3 aromatic rings. The Balaban J connectivity index is 1.66. The summed E-state index contributed by atoms with van der Waals surface area (Å²) in [5.41, 5.74) is 3.96. The Labute approximate surface area is 194 Å². The van der Waals surface area contributed by atoms with E-state index < -0.39 is 10.0 Å². The SMILES string of the molecule is CCS(=O)(=O)N1CC2(CN(Cc3cccnc3)[C@H](CO)c3c2c2ccc(OC)cc2n3C)C1. The van der Waals surface area contributed by atoms with E-state index in [2.05, 4.69) is 20.5 Å². The van der Waals surface area contributed by atoms with Crippen molar-refractivity contribution in [2.75, 3.05) is 39.1 Å².